The Kier molecular flexibility index (Phi) is 5.16. The molecule has 6 atom stereocenters. The molecule has 36 heavy (non-hydrogen) atoms. The predicted molar refractivity (Wildman–Crippen MR) is 134 cm³/mol. The number of hydrogen-bond acceptors (Lipinski definition) is 6. The third-order valence-corrected chi connectivity index (χ3v) is 9.56. The maximum Gasteiger partial charge on any atom is 0.223 e. The summed E-state index contributed by atoms with van der Waals surface area (Å²) in [5, 5.41) is 33.2. The van der Waals surface area contributed by atoms with Crippen LogP contribution >= 0.6 is 0 Å². The molecule has 7 heteroatoms. The van der Waals surface area contributed by atoms with Crippen molar-refractivity contribution in [2.45, 2.75) is 80.7 Å². The summed E-state index contributed by atoms with van der Waals surface area (Å²) >= 11 is 0. The molecule has 1 saturated carbocycles. The van der Waals surface area contributed by atoms with Gasteiger partial charge in [0.25, 0.3) is 0 Å². The summed E-state index contributed by atoms with van der Waals surface area (Å²) in [5.74, 6) is 0.505. The molecule has 4 aliphatic rings. The lowest BCUT2D eigenvalue weighted by atomic mass is 9.47. The summed E-state index contributed by atoms with van der Waals surface area (Å²) in [6.07, 6.45) is 2.63. The number of likely N-dealkylation sites (tertiary alicyclic amines) is 1. The number of hydrogen-bond donors (Lipinski definition) is 2. The SMILES string of the molecule is Cc1cccc(CCC(=O)N(C)C2CC[C@@]3(O)[C@H]4Cc5ccc(O)c6c5[C@@]3(CC(C#N)N4C)C2O6)c1. The second-order valence-electron chi connectivity index (χ2n) is 11.2. The molecule has 188 valence electrons. The number of nitrogens with zero attached hydrogens (tertiary/aromatic N) is 3. The van der Waals surface area contributed by atoms with Crippen molar-refractivity contribution >= 4 is 5.91 Å². The smallest absolute Gasteiger partial charge is 0.223 e. The van der Waals surface area contributed by atoms with Crippen LogP contribution in [0.3, 0.4) is 0 Å². The molecule has 2 heterocycles. The fourth-order valence-electron chi connectivity index (χ4n) is 7.77. The van der Waals surface area contributed by atoms with Gasteiger partial charge in [-0.1, -0.05) is 35.9 Å². The second kappa shape index (κ2) is 7.96. The molecule has 2 aromatic carbocycles. The first-order chi connectivity index (χ1) is 17.2. The van der Waals surface area contributed by atoms with Crippen molar-refractivity contribution in [1.29, 1.82) is 5.26 Å². The highest BCUT2D eigenvalue weighted by molar-refractivity contribution is 5.77. The average molecular weight is 488 g/mol. The monoisotopic (exact) mass is 487 g/mol. The topological polar surface area (TPSA) is 97.0 Å². The Hall–Kier alpha value is -3.08. The zero-order chi connectivity index (χ0) is 25.4. The number of phenols is 1. The van der Waals surface area contributed by atoms with Crippen molar-refractivity contribution in [2.24, 2.45) is 0 Å². The first-order valence-electron chi connectivity index (χ1n) is 12.9. The maximum absolute atomic E-state index is 13.4. The van der Waals surface area contributed by atoms with E-state index >= 15 is 0 Å². The van der Waals surface area contributed by atoms with Gasteiger partial charge in [-0.25, -0.2) is 0 Å². The number of ether oxygens (including phenoxy) is 1. The number of likely N-dealkylation sites (N-methyl/N-ethyl adjacent to an activating group) is 2. The molecule has 2 N–H and O–H groups in total. The van der Waals surface area contributed by atoms with Crippen LogP contribution in [0.2, 0.25) is 0 Å². The Morgan fingerprint density at radius 2 is 2.14 bits per heavy atom. The van der Waals surface area contributed by atoms with Gasteiger partial charge >= 0.3 is 0 Å². The number of carbonyl (C=O) groups excluding carboxylic acids is 1. The van der Waals surface area contributed by atoms with Gasteiger partial charge in [0, 0.05) is 25.1 Å². The van der Waals surface area contributed by atoms with Gasteiger partial charge in [0.2, 0.25) is 5.91 Å². The summed E-state index contributed by atoms with van der Waals surface area (Å²) in [6, 6.07) is 13.4. The lowest BCUT2D eigenvalue weighted by molar-refractivity contribution is -0.203. The molecule has 6 rings (SSSR count). The number of aryl methyl sites for hydroxylation is 2. The Balaban J connectivity index is 1.37. The zero-order valence-corrected chi connectivity index (χ0v) is 21.1. The molecule has 2 fully saturated rings. The van der Waals surface area contributed by atoms with Crippen LogP contribution in [0, 0.1) is 18.3 Å². The Morgan fingerprint density at radius 1 is 1.33 bits per heavy atom. The molecule has 2 aliphatic heterocycles. The van der Waals surface area contributed by atoms with Gasteiger partial charge < -0.3 is 19.8 Å². The van der Waals surface area contributed by atoms with Crippen LogP contribution in [0.4, 0.5) is 0 Å². The normalized spacial score (nSPS) is 33.9. The van der Waals surface area contributed by atoms with E-state index in [-0.39, 0.29) is 29.8 Å². The van der Waals surface area contributed by atoms with E-state index in [9.17, 15) is 20.3 Å². The summed E-state index contributed by atoms with van der Waals surface area (Å²) in [5.41, 5.74) is 2.26. The van der Waals surface area contributed by atoms with Crippen molar-refractivity contribution in [3.63, 3.8) is 0 Å². The molecule has 0 aromatic heterocycles. The van der Waals surface area contributed by atoms with E-state index in [1.54, 1.807) is 11.0 Å². The van der Waals surface area contributed by atoms with E-state index in [4.69, 9.17) is 4.74 Å². The van der Waals surface area contributed by atoms with Crippen molar-refractivity contribution in [3.05, 3.63) is 58.7 Å². The van der Waals surface area contributed by atoms with Gasteiger partial charge in [0.1, 0.15) is 6.10 Å². The Bertz CT molecular complexity index is 1290. The lowest BCUT2D eigenvalue weighted by Crippen LogP contribution is -2.79. The molecule has 1 spiro atoms. The van der Waals surface area contributed by atoms with Crippen LogP contribution in [0.5, 0.6) is 11.5 Å². The minimum Gasteiger partial charge on any atom is -0.504 e. The molecular formula is C29H33N3O4. The summed E-state index contributed by atoms with van der Waals surface area (Å²) in [6.45, 7) is 2.05. The minimum atomic E-state index is -1.10. The van der Waals surface area contributed by atoms with Crippen molar-refractivity contribution in [1.82, 2.24) is 9.80 Å². The molecule has 3 unspecified atom stereocenters. The largest absolute Gasteiger partial charge is 0.504 e. The molecule has 7 nitrogen and oxygen atoms in total. The Labute approximate surface area is 211 Å². The highest BCUT2D eigenvalue weighted by Gasteiger charge is 2.74. The standard InChI is InChI=1S/C29H33N3O4/c1-17-5-4-6-18(13-17)7-10-24(34)32(3)21-11-12-29(35)23-14-19-8-9-22(33)26-25(19)28(29,27(21)36-26)15-20(16-30)31(23)2/h4-6,8-9,13,20-21,23,27,33,35H,7,10-12,14-15H2,1-3H3/t20?,21?,23-,27?,28+,29-/m1/s1. The highest BCUT2D eigenvalue weighted by atomic mass is 16.5. The molecular weight excluding hydrogens is 454 g/mol. The number of phenolic OH excluding ortho intramolecular Hbond substituents is 1. The van der Waals surface area contributed by atoms with Crippen molar-refractivity contribution in [2.75, 3.05) is 14.1 Å². The maximum atomic E-state index is 13.4. The lowest BCUT2D eigenvalue weighted by Gasteiger charge is -2.65. The molecule has 0 radical (unpaired) electrons. The molecule has 2 aliphatic carbocycles. The zero-order valence-electron chi connectivity index (χ0n) is 21.1. The first kappa shape index (κ1) is 23.3. The van der Waals surface area contributed by atoms with Crippen molar-refractivity contribution in [3.8, 4) is 17.6 Å². The second-order valence-corrected chi connectivity index (χ2v) is 11.2. The van der Waals surface area contributed by atoms with E-state index in [0.29, 0.717) is 44.3 Å². The fraction of sp³-hybridized carbons (Fsp3) is 0.517. The third-order valence-electron chi connectivity index (χ3n) is 9.56. The summed E-state index contributed by atoms with van der Waals surface area (Å²) in [7, 11) is 3.75. The van der Waals surface area contributed by atoms with Gasteiger partial charge in [-0.05, 0) is 63.3 Å². The predicted octanol–water partition coefficient (Wildman–Crippen LogP) is 2.84. The number of aliphatic hydroxyl groups is 1. The number of nitriles is 1. The van der Waals surface area contributed by atoms with E-state index in [0.717, 1.165) is 16.7 Å². The van der Waals surface area contributed by atoms with Gasteiger partial charge in [-0.3, -0.25) is 9.69 Å². The highest BCUT2D eigenvalue weighted by Crippen LogP contribution is 2.66. The molecule has 2 aromatic rings. The Morgan fingerprint density at radius 3 is 2.89 bits per heavy atom. The third kappa shape index (κ3) is 2.95. The number of aromatic hydroxyl groups is 1. The van der Waals surface area contributed by atoms with E-state index in [1.807, 2.05) is 50.2 Å². The number of carbonyl (C=O) groups is 1. The van der Waals surface area contributed by atoms with Gasteiger partial charge in [0.05, 0.1) is 29.2 Å². The van der Waals surface area contributed by atoms with Crippen LogP contribution in [0.1, 0.15) is 47.9 Å². The van der Waals surface area contributed by atoms with E-state index in [2.05, 4.69) is 12.1 Å². The number of rotatable bonds is 4. The van der Waals surface area contributed by atoms with Crippen LogP contribution in [-0.2, 0) is 23.1 Å². The number of piperidine rings is 1. The van der Waals surface area contributed by atoms with Crippen LogP contribution < -0.4 is 4.74 Å². The van der Waals surface area contributed by atoms with E-state index < -0.39 is 17.1 Å². The molecule has 1 amide bonds. The van der Waals surface area contributed by atoms with Gasteiger partial charge in [-0.15, -0.1) is 0 Å². The van der Waals surface area contributed by atoms with Crippen molar-refractivity contribution < 1.29 is 19.7 Å². The summed E-state index contributed by atoms with van der Waals surface area (Å²) < 4.78 is 6.53. The first-order valence-corrected chi connectivity index (χ1v) is 12.9. The molecule has 1 saturated heterocycles. The van der Waals surface area contributed by atoms with Gasteiger partial charge in [-0.2, -0.15) is 5.26 Å². The number of amides is 1. The quantitative estimate of drug-likeness (QED) is 0.689. The fourth-order valence-corrected chi connectivity index (χ4v) is 7.77. The van der Waals surface area contributed by atoms with Crippen LogP contribution in [0.15, 0.2) is 36.4 Å². The van der Waals surface area contributed by atoms with Crippen LogP contribution in [0.25, 0.3) is 0 Å². The molecule has 2 bridgehead atoms. The van der Waals surface area contributed by atoms with Gasteiger partial charge in [0.15, 0.2) is 11.5 Å². The number of benzene rings is 2. The van der Waals surface area contributed by atoms with Crippen LogP contribution in [-0.4, -0.2) is 69.8 Å². The van der Waals surface area contributed by atoms with E-state index in [1.165, 1.54) is 5.56 Å². The average Bonchev–Trinajstić information content (AvgIpc) is 3.21. The summed E-state index contributed by atoms with van der Waals surface area (Å²) in [4.78, 5) is 17.2. The minimum absolute atomic E-state index is 0.0319.